The highest BCUT2D eigenvalue weighted by molar-refractivity contribution is 9.10. The number of benzene rings is 1. The molecule has 0 aliphatic rings. The van der Waals surface area contributed by atoms with Crippen LogP contribution in [0.3, 0.4) is 0 Å². The van der Waals surface area contributed by atoms with Gasteiger partial charge in [-0.25, -0.2) is 9.67 Å². The Morgan fingerprint density at radius 2 is 1.85 bits per heavy atom. The van der Waals surface area contributed by atoms with Gasteiger partial charge in [0, 0.05) is 4.47 Å². The van der Waals surface area contributed by atoms with Crippen LogP contribution >= 0.6 is 27.3 Å². The van der Waals surface area contributed by atoms with Crippen LogP contribution in [-0.2, 0) is 6.18 Å². The summed E-state index contributed by atoms with van der Waals surface area (Å²) in [6.45, 7) is 1.57. The number of halogens is 4. The van der Waals surface area contributed by atoms with Crippen molar-refractivity contribution in [3.63, 3.8) is 0 Å². The summed E-state index contributed by atoms with van der Waals surface area (Å²) in [5.41, 5.74) is 0.712. The average molecular weight is 438 g/mol. The van der Waals surface area contributed by atoms with Crippen molar-refractivity contribution in [1.29, 1.82) is 0 Å². The van der Waals surface area contributed by atoms with Crippen molar-refractivity contribution in [1.82, 2.24) is 14.8 Å². The fraction of sp³-hybridized carbons (Fsp3) is 0.111. The Kier molecular flexibility index (Phi) is 4.11. The highest BCUT2D eigenvalue weighted by atomic mass is 79.9. The average Bonchev–Trinajstić information content (AvgIpc) is 3.23. The van der Waals surface area contributed by atoms with E-state index in [2.05, 4.69) is 26.0 Å². The van der Waals surface area contributed by atoms with Gasteiger partial charge in [0.1, 0.15) is 0 Å². The molecule has 0 saturated heterocycles. The summed E-state index contributed by atoms with van der Waals surface area (Å²) >= 11 is 4.70. The lowest BCUT2D eigenvalue weighted by molar-refractivity contribution is -0.136. The fourth-order valence-corrected chi connectivity index (χ4v) is 3.78. The van der Waals surface area contributed by atoms with E-state index >= 15 is 0 Å². The van der Waals surface area contributed by atoms with Crippen molar-refractivity contribution < 1.29 is 13.2 Å². The summed E-state index contributed by atoms with van der Waals surface area (Å²) in [6, 6.07) is 11.8. The lowest BCUT2D eigenvalue weighted by Gasteiger charge is -2.11. The number of rotatable bonds is 2. The Morgan fingerprint density at radius 1 is 1.12 bits per heavy atom. The summed E-state index contributed by atoms with van der Waals surface area (Å²) < 4.78 is 43.5. The van der Waals surface area contributed by atoms with Crippen molar-refractivity contribution in [3.8, 4) is 16.3 Å². The lowest BCUT2D eigenvalue weighted by atomic mass is 10.1. The van der Waals surface area contributed by atoms with Crippen LogP contribution in [0.4, 0.5) is 13.2 Å². The third-order valence-corrected chi connectivity index (χ3v) is 5.38. The van der Waals surface area contributed by atoms with E-state index in [-0.39, 0.29) is 16.7 Å². The number of pyridine rings is 1. The van der Waals surface area contributed by atoms with Crippen molar-refractivity contribution in [2.75, 3.05) is 0 Å². The van der Waals surface area contributed by atoms with Gasteiger partial charge in [-0.1, -0.05) is 22.0 Å². The minimum atomic E-state index is -4.49. The number of thiophene rings is 1. The van der Waals surface area contributed by atoms with Crippen LogP contribution in [0.25, 0.3) is 27.3 Å². The van der Waals surface area contributed by atoms with Gasteiger partial charge >= 0.3 is 6.18 Å². The van der Waals surface area contributed by atoms with Gasteiger partial charge in [-0.15, -0.1) is 11.3 Å². The van der Waals surface area contributed by atoms with E-state index in [9.17, 15) is 13.2 Å². The number of alkyl halides is 3. The molecule has 0 spiro atoms. The molecule has 0 amide bonds. The largest absolute Gasteiger partial charge is 0.417 e. The molecule has 0 unspecified atom stereocenters. The molecule has 4 rings (SSSR count). The first kappa shape index (κ1) is 17.2. The fourth-order valence-electron chi connectivity index (χ4n) is 2.83. The predicted molar refractivity (Wildman–Crippen MR) is 99.6 cm³/mol. The Bertz CT molecular complexity index is 1080. The zero-order valence-electron chi connectivity index (χ0n) is 13.4. The molecule has 132 valence electrons. The van der Waals surface area contributed by atoms with E-state index in [0.29, 0.717) is 16.3 Å². The van der Waals surface area contributed by atoms with E-state index in [1.54, 1.807) is 31.2 Å². The first-order valence-electron chi connectivity index (χ1n) is 7.62. The highest BCUT2D eigenvalue weighted by Crippen LogP contribution is 2.39. The Hall–Kier alpha value is -2.19. The zero-order valence-corrected chi connectivity index (χ0v) is 15.8. The molecule has 4 aromatic rings. The van der Waals surface area contributed by atoms with Crippen LogP contribution in [-0.4, -0.2) is 14.8 Å². The number of fused-ring (bicyclic) bond motifs is 1. The maximum absolute atomic E-state index is 13.7. The first-order chi connectivity index (χ1) is 12.3. The number of hydrogen-bond acceptors (Lipinski definition) is 3. The third-order valence-electron chi connectivity index (χ3n) is 3.96. The molecular weight excluding hydrogens is 427 g/mol. The normalized spacial score (nSPS) is 12.0. The van der Waals surface area contributed by atoms with Crippen molar-refractivity contribution in [2.45, 2.75) is 13.1 Å². The SMILES string of the molecule is Cc1nn(-c2ccc(Br)cc2)c2nc(-c3cccs3)cc(C(F)(F)F)c12. The Balaban J connectivity index is 2.06. The molecule has 0 bridgehead atoms. The molecule has 0 N–H and O–H groups in total. The Labute approximate surface area is 159 Å². The molecule has 0 fully saturated rings. The van der Waals surface area contributed by atoms with Crippen LogP contribution in [0.5, 0.6) is 0 Å². The zero-order chi connectivity index (χ0) is 18.5. The summed E-state index contributed by atoms with van der Waals surface area (Å²) in [6.07, 6.45) is -4.49. The van der Waals surface area contributed by atoms with Crippen LogP contribution in [0.2, 0.25) is 0 Å². The van der Waals surface area contributed by atoms with Gasteiger partial charge in [-0.3, -0.25) is 0 Å². The van der Waals surface area contributed by atoms with E-state index < -0.39 is 11.7 Å². The van der Waals surface area contributed by atoms with Crippen molar-refractivity contribution in [3.05, 3.63) is 63.6 Å². The van der Waals surface area contributed by atoms with Crippen LogP contribution < -0.4 is 0 Å². The topological polar surface area (TPSA) is 30.7 Å². The maximum atomic E-state index is 13.7. The molecule has 0 saturated carbocycles. The first-order valence-corrected chi connectivity index (χ1v) is 9.29. The van der Waals surface area contributed by atoms with Gasteiger partial charge in [0.2, 0.25) is 0 Å². The van der Waals surface area contributed by atoms with Gasteiger partial charge in [0.25, 0.3) is 0 Å². The highest BCUT2D eigenvalue weighted by Gasteiger charge is 2.35. The number of hydrogen-bond donors (Lipinski definition) is 0. The minimum absolute atomic E-state index is 0.0284. The molecular formula is C18H11BrF3N3S. The molecule has 0 aliphatic heterocycles. The smallest absolute Gasteiger partial charge is 0.227 e. The minimum Gasteiger partial charge on any atom is -0.227 e. The van der Waals surface area contributed by atoms with Crippen molar-refractivity contribution >= 4 is 38.3 Å². The number of nitrogens with zero attached hydrogens (tertiary/aromatic N) is 3. The number of aromatic nitrogens is 3. The van der Waals surface area contributed by atoms with Crippen LogP contribution in [0.15, 0.2) is 52.3 Å². The standard InChI is InChI=1S/C18H11BrF3N3S/c1-10-16-13(18(20,21)22)9-14(15-3-2-8-26-15)23-17(16)25(24-10)12-6-4-11(19)5-7-12/h2-9H,1H3. The molecule has 26 heavy (non-hydrogen) atoms. The van der Waals surface area contributed by atoms with Crippen molar-refractivity contribution in [2.24, 2.45) is 0 Å². The van der Waals surface area contributed by atoms with Crippen LogP contribution in [0.1, 0.15) is 11.3 Å². The summed E-state index contributed by atoms with van der Waals surface area (Å²) in [5, 5.41) is 6.17. The van der Waals surface area contributed by atoms with Gasteiger partial charge in [-0.2, -0.15) is 18.3 Å². The van der Waals surface area contributed by atoms with Gasteiger partial charge < -0.3 is 0 Å². The molecule has 0 radical (unpaired) electrons. The molecule has 1 aromatic carbocycles. The van der Waals surface area contributed by atoms with Gasteiger partial charge in [0.05, 0.1) is 32.9 Å². The molecule has 0 aliphatic carbocycles. The second-order valence-corrected chi connectivity index (χ2v) is 7.57. The summed E-state index contributed by atoms with van der Waals surface area (Å²) in [4.78, 5) is 5.19. The van der Waals surface area contributed by atoms with E-state index in [1.807, 2.05) is 17.5 Å². The third kappa shape index (κ3) is 2.93. The maximum Gasteiger partial charge on any atom is 0.417 e. The molecule has 8 heteroatoms. The number of aryl methyl sites for hydroxylation is 1. The second-order valence-electron chi connectivity index (χ2n) is 5.70. The lowest BCUT2D eigenvalue weighted by Crippen LogP contribution is -2.07. The quantitative estimate of drug-likeness (QED) is 0.371. The Morgan fingerprint density at radius 3 is 2.46 bits per heavy atom. The van der Waals surface area contributed by atoms with E-state index in [0.717, 1.165) is 10.5 Å². The molecule has 3 aromatic heterocycles. The monoisotopic (exact) mass is 437 g/mol. The molecule has 3 nitrogen and oxygen atoms in total. The molecule has 0 atom stereocenters. The van der Waals surface area contributed by atoms with E-state index in [4.69, 9.17) is 0 Å². The van der Waals surface area contributed by atoms with Crippen LogP contribution in [0, 0.1) is 6.92 Å². The van der Waals surface area contributed by atoms with E-state index in [1.165, 1.54) is 16.0 Å². The molecule has 3 heterocycles. The van der Waals surface area contributed by atoms with Gasteiger partial charge in [0.15, 0.2) is 5.65 Å². The van der Waals surface area contributed by atoms with Gasteiger partial charge in [-0.05, 0) is 48.7 Å². The summed E-state index contributed by atoms with van der Waals surface area (Å²) in [7, 11) is 0. The summed E-state index contributed by atoms with van der Waals surface area (Å²) in [5.74, 6) is 0. The predicted octanol–water partition coefficient (Wildman–Crippen LogP) is 6.24. The second kappa shape index (κ2) is 6.21.